The maximum atomic E-state index is 12.9. The van der Waals surface area contributed by atoms with Gasteiger partial charge in [0.15, 0.2) is 0 Å². The van der Waals surface area contributed by atoms with Crippen molar-refractivity contribution in [3.63, 3.8) is 0 Å². The van der Waals surface area contributed by atoms with Crippen LogP contribution in [0.25, 0.3) is 0 Å². The number of hydrogen-bond donors (Lipinski definition) is 2. The topological polar surface area (TPSA) is 83.8 Å². The standard InChI is InChI=1S/C32H50O5/c1-27(2)14-15-28(3)16-17-30(5)20(21(28)18-27)8-9-22-29(4)12-11-24(37-19-25(33)34)32(7,26(35)36)23(29)10-13-31(22,30)6/h8,21-24H,9-19H2,1-7H3,(H,33,34)(H,35,36)/t21-,22+,23?,24-,28+,29+,30+,31+,32?/m0/s1. The van der Waals surface area contributed by atoms with Crippen LogP contribution in [-0.4, -0.2) is 34.9 Å². The zero-order chi connectivity index (χ0) is 27.2. The Labute approximate surface area is 223 Å². The second-order valence-corrected chi connectivity index (χ2v) is 15.7. The van der Waals surface area contributed by atoms with Crippen molar-refractivity contribution in [2.45, 2.75) is 119 Å². The summed E-state index contributed by atoms with van der Waals surface area (Å²) in [6.07, 6.45) is 13.0. The molecule has 9 atom stereocenters. The van der Waals surface area contributed by atoms with Gasteiger partial charge in [-0.15, -0.1) is 0 Å². The summed E-state index contributed by atoms with van der Waals surface area (Å²) in [7, 11) is 0. The molecule has 4 saturated carbocycles. The molecule has 37 heavy (non-hydrogen) atoms. The van der Waals surface area contributed by atoms with Gasteiger partial charge in [-0.25, -0.2) is 4.79 Å². The second-order valence-electron chi connectivity index (χ2n) is 15.7. The number of carbonyl (C=O) groups is 2. The highest BCUT2D eigenvalue weighted by Gasteiger charge is 2.70. The molecule has 2 N–H and O–H groups in total. The molecule has 0 bridgehead atoms. The van der Waals surface area contributed by atoms with Crippen LogP contribution in [0.5, 0.6) is 0 Å². The Kier molecular flexibility index (Phi) is 6.12. The molecular formula is C32H50O5. The van der Waals surface area contributed by atoms with Gasteiger partial charge in [-0.3, -0.25) is 4.79 Å². The summed E-state index contributed by atoms with van der Waals surface area (Å²) in [4.78, 5) is 24.1. The van der Waals surface area contributed by atoms with Crippen LogP contribution in [0.3, 0.4) is 0 Å². The highest BCUT2D eigenvalue weighted by molar-refractivity contribution is 5.76. The van der Waals surface area contributed by atoms with E-state index < -0.39 is 30.1 Å². The molecular weight excluding hydrogens is 464 g/mol. The Morgan fingerprint density at radius 2 is 1.57 bits per heavy atom. The van der Waals surface area contributed by atoms with Gasteiger partial charge in [-0.2, -0.15) is 0 Å². The molecule has 0 aliphatic heterocycles. The predicted molar refractivity (Wildman–Crippen MR) is 144 cm³/mol. The van der Waals surface area contributed by atoms with E-state index in [2.05, 4.69) is 47.6 Å². The number of ether oxygens (including phenoxy) is 1. The Balaban J connectivity index is 1.53. The van der Waals surface area contributed by atoms with Crippen LogP contribution in [0.1, 0.15) is 113 Å². The molecule has 5 rings (SSSR count). The third-order valence-electron chi connectivity index (χ3n) is 13.5. The molecule has 208 valence electrons. The lowest BCUT2D eigenvalue weighted by atomic mass is 9.33. The van der Waals surface area contributed by atoms with Crippen molar-refractivity contribution in [2.24, 2.45) is 50.2 Å². The Hall–Kier alpha value is -1.36. The first-order valence-corrected chi connectivity index (χ1v) is 14.8. The first-order valence-electron chi connectivity index (χ1n) is 14.8. The summed E-state index contributed by atoms with van der Waals surface area (Å²) in [6.45, 7) is 16.4. The van der Waals surface area contributed by atoms with Crippen LogP contribution < -0.4 is 0 Å². The molecule has 0 aromatic carbocycles. The number of carboxylic acid groups (broad SMARTS) is 2. The third-order valence-corrected chi connectivity index (χ3v) is 13.5. The molecule has 0 spiro atoms. The molecule has 5 nitrogen and oxygen atoms in total. The van der Waals surface area contributed by atoms with Crippen LogP contribution in [0.2, 0.25) is 0 Å². The molecule has 0 radical (unpaired) electrons. The second kappa shape index (κ2) is 8.32. The van der Waals surface area contributed by atoms with E-state index in [4.69, 9.17) is 4.74 Å². The van der Waals surface area contributed by atoms with Crippen molar-refractivity contribution in [3.05, 3.63) is 11.6 Å². The van der Waals surface area contributed by atoms with Gasteiger partial charge in [-0.1, -0.05) is 53.2 Å². The lowest BCUT2D eigenvalue weighted by Crippen LogP contribution is -2.66. The SMILES string of the molecule is CC1(C)CC[C@]2(C)CC[C@]3(C)C(=CC[C@@H]4[C@@]5(C)CC[C@H](OCC(=O)O)C(C)(C(=O)O)C5CC[C@]43C)[C@@H]2C1. The lowest BCUT2D eigenvalue weighted by Gasteiger charge is -2.71. The number of hydrogen-bond acceptors (Lipinski definition) is 3. The van der Waals surface area contributed by atoms with E-state index in [1.165, 1.54) is 32.1 Å². The van der Waals surface area contributed by atoms with Gasteiger partial charge in [-0.05, 0) is 116 Å². The zero-order valence-electron chi connectivity index (χ0n) is 24.3. The molecule has 5 heteroatoms. The number of aliphatic carboxylic acids is 2. The van der Waals surface area contributed by atoms with E-state index in [-0.39, 0.29) is 22.2 Å². The molecule has 4 fully saturated rings. The summed E-state index contributed by atoms with van der Waals surface area (Å²) in [6, 6.07) is 0. The molecule has 0 aromatic rings. The minimum Gasteiger partial charge on any atom is -0.481 e. The van der Waals surface area contributed by atoms with Crippen LogP contribution >= 0.6 is 0 Å². The summed E-state index contributed by atoms with van der Waals surface area (Å²) >= 11 is 0. The van der Waals surface area contributed by atoms with Gasteiger partial charge >= 0.3 is 11.9 Å². The van der Waals surface area contributed by atoms with Crippen LogP contribution in [0, 0.1) is 50.2 Å². The normalized spacial score (nSPS) is 50.5. The van der Waals surface area contributed by atoms with E-state index >= 15 is 0 Å². The van der Waals surface area contributed by atoms with Crippen molar-refractivity contribution < 1.29 is 24.5 Å². The Morgan fingerprint density at radius 1 is 0.892 bits per heavy atom. The van der Waals surface area contributed by atoms with Crippen LogP contribution in [0.15, 0.2) is 11.6 Å². The predicted octanol–water partition coefficient (Wildman–Crippen LogP) is 7.34. The average molecular weight is 515 g/mol. The van der Waals surface area contributed by atoms with Crippen molar-refractivity contribution in [1.82, 2.24) is 0 Å². The van der Waals surface area contributed by atoms with Crippen molar-refractivity contribution in [2.75, 3.05) is 6.61 Å². The third kappa shape index (κ3) is 3.64. The summed E-state index contributed by atoms with van der Waals surface area (Å²) < 4.78 is 5.78. The van der Waals surface area contributed by atoms with E-state index in [0.29, 0.717) is 29.1 Å². The van der Waals surface area contributed by atoms with Gasteiger partial charge in [0, 0.05) is 0 Å². The van der Waals surface area contributed by atoms with Crippen molar-refractivity contribution in [3.8, 4) is 0 Å². The highest BCUT2D eigenvalue weighted by atomic mass is 16.5. The van der Waals surface area contributed by atoms with Crippen molar-refractivity contribution in [1.29, 1.82) is 0 Å². The smallest absolute Gasteiger partial charge is 0.329 e. The fourth-order valence-corrected chi connectivity index (χ4v) is 10.9. The van der Waals surface area contributed by atoms with Crippen LogP contribution in [0.4, 0.5) is 0 Å². The number of allylic oxidation sites excluding steroid dienone is 2. The molecule has 2 unspecified atom stereocenters. The van der Waals surface area contributed by atoms with Gasteiger partial charge in [0.05, 0.1) is 11.5 Å². The zero-order valence-corrected chi connectivity index (χ0v) is 24.3. The molecule has 0 aromatic heterocycles. The van der Waals surface area contributed by atoms with E-state index in [1.807, 2.05) is 6.92 Å². The summed E-state index contributed by atoms with van der Waals surface area (Å²) in [5.74, 6) is -0.816. The largest absolute Gasteiger partial charge is 0.481 e. The van der Waals surface area contributed by atoms with E-state index in [9.17, 15) is 19.8 Å². The van der Waals surface area contributed by atoms with Crippen LogP contribution in [-0.2, 0) is 14.3 Å². The first-order chi connectivity index (χ1) is 17.0. The summed E-state index contributed by atoms with van der Waals surface area (Å²) in [5, 5.41) is 19.8. The fraction of sp³-hybridized carbons (Fsp3) is 0.875. The molecule has 5 aliphatic rings. The molecule has 0 saturated heterocycles. The Morgan fingerprint density at radius 3 is 2.22 bits per heavy atom. The Bertz CT molecular complexity index is 1010. The quantitative estimate of drug-likeness (QED) is 0.383. The number of carboxylic acids is 2. The highest BCUT2D eigenvalue weighted by Crippen LogP contribution is 2.75. The van der Waals surface area contributed by atoms with Gasteiger partial charge in [0.2, 0.25) is 0 Å². The minimum absolute atomic E-state index is 0.0239. The van der Waals surface area contributed by atoms with E-state index in [1.54, 1.807) is 5.57 Å². The molecule has 0 heterocycles. The molecule has 0 amide bonds. The average Bonchev–Trinajstić information content (AvgIpc) is 2.80. The van der Waals surface area contributed by atoms with E-state index in [0.717, 1.165) is 25.7 Å². The van der Waals surface area contributed by atoms with Crippen molar-refractivity contribution >= 4 is 11.9 Å². The first kappa shape index (κ1) is 27.2. The van der Waals surface area contributed by atoms with Gasteiger partial charge in [0.25, 0.3) is 0 Å². The number of fused-ring (bicyclic) bond motifs is 7. The fourth-order valence-electron chi connectivity index (χ4n) is 10.9. The summed E-state index contributed by atoms with van der Waals surface area (Å²) in [5.41, 5.74) is 1.63. The lowest BCUT2D eigenvalue weighted by molar-refractivity contribution is -0.224. The maximum absolute atomic E-state index is 12.9. The number of rotatable bonds is 4. The minimum atomic E-state index is -1.08. The van der Waals surface area contributed by atoms with Gasteiger partial charge < -0.3 is 14.9 Å². The molecule has 5 aliphatic carbocycles. The maximum Gasteiger partial charge on any atom is 0.329 e. The van der Waals surface area contributed by atoms with Gasteiger partial charge in [0.1, 0.15) is 6.61 Å². The monoisotopic (exact) mass is 514 g/mol.